The van der Waals surface area contributed by atoms with Crippen LogP contribution in [0, 0.1) is 0 Å². The summed E-state index contributed by atoms with van der Waals surface area (Å²) in [5, 5.41) is 8.87. The van der Waals surface area contributed by atoms with Crippen LogP contribution in [-0.4, -0.2) is 27.7 Å². The predicted octanol–water partition coefficient (Wildman–Crippen LogP) is 2.14. The van der Waals surface area contributed by atoms with Gasteiger partial charge in [0.2, 0.25) is 11.9 Å². The number of aryl methyl sites for hydroxylation is 1. The summed E-state index contributed by atoms with van der Waals surface area (Å²) in [5.41, 5.74) is 7.57. The Balaban J connectivity index is 1.82. The van der Waals surface area contributed by atoms with E-state index in [2.05, 4.69) is 27.4 Å². The summed E-state index contributed by atoms with van der Waals surface area (Å²) in [6, 6.07) is 5.64. The van der Waals surface area contributed by atoms with Crippen LogP contribution in [0.5, 0.6) is 5.75 Å². The molecule has 0 aliphatic heterocycles. The number of benzene rings is 1. The Bertz CT molecular complexity index is 598. The van der Waals surface area contributed by atoms with Crippen molar-refractivity contribution < 1.29 is 9.53 Å². The number of nitrogens with two attached hydrogens (primary N) is 1. The number of nitrogens with zero attached hydrogens (tertiary/aromatic N) is 2. The number of H-pyrrole nitrogens is 1. The maximum Gasteiger partial charge on any atom is 0.227 e. The molecule has 0 atom stereocenters. The highest BCUT2D eigenvalue weighted by molar-refractivity contribution is 5.88. The van der Waals surface area contributed by atoms with E-state index in [4.69, 9.17) is 10.5 Å². The van der Waals surface area contributed by atoms with Crippen LogP contribution in [0.3, 0.4) is 0 Å². The number of nitrogens with one attached hydrogen (secondary N) is 2. The van der Waals surface area contributed by atoms with Crippen molar-refractivity contribution in [2.24, 2.45) is 0 Å². The largest absolute Gasteiger partial charge is 0.491 e. The predicted molar refractivity (Wildman–Crippen MR) is 84.6 cm³/mol. The molecule has 0 aliphatic rings. The lowest BCUT2D eigenvalue weighted by atomic mass is 10.1. The Labute approximate surface area is 129 Å². The minimum absolute atomic E-state index is 0.126. The lowest BCUT2D eigenvalue weighted by Gasteiger charge is -2.10. The SMILES string of the molecule is CCCCOc1ccc(CCC(=O)Nc2ncn[nH]2)cc1N. The van der Waals surface area contributed by atoms with Crippen LogP contribution < -0.4 is 15.8 Å². The highest BCUT2D eigenvalue weighted by Gasteiger charge is 2.07. The molecule has 0 saturated carbocycles. The number of hydrogen-bond donors (Lipinski definition) is 3. The van der Waals surface area contributed by atoms with Crippen LogP contribution in [0.2, 0.25) is 0 Å². The third-order valence-corrected chi connectivity index (χ3v) is 3.14. The number of hydrogen-bond acceptors (Lipinski definition) is 5. The van der Waals surface area contributed by atoms with Gasteiger partial charge in [-0.25, -0.2) is 5.10 Å². The summed E-state index contributed by atoms with van der Waals surface area (Å²) in [4.78, 5) is 15.6. The summed E-state index contributed by atoms with van der Waals surface area (Å²) in [6.07, 6.45) is 4.37. The number of unbranched alkanes of at least 4 members (excludes halogenated alkanes) is 1. The zero-order valence-electron chi connectivity index (χ0n) is 12.6. The van der Waals surface area contributed by atoms with Gasteiger partial charge >= 0.3 is 0 Å². The average Bonchev–Trinajstić information content (AvgIpc) is 3.00. The Morgan fingerprint density at radius 3 is 3.00 bits per heavy atom. The number of aromatic nitrogens is 3. The molecule has 1 aromatic carbocycles. The maximum atomic E-state index is 11.8. The van der Waals surface area contributed by atoms with E-state index >= 15 is 0 Å². The van der Waals surface area contributed by atoms with E-state index in [-0.39, 0.29) is 5.91 Å². The van der Waals surface area contributed by atoms with Crippen molar-refractivity contribution in [2.75, 3.05) is 17.7 Å². The summed E-state index contributed by atoms with van der Waals surface area (Å²) >= 11 is 0. The molecule has 2 aromatic rings. The van der Waals surface area contributed by atoms with Crippen LogP contribution in [-0.2, 0) is 11.2 Å². The molecule has 1 amide bonds. The monoisotopic (exact) mass is 303 g/mol. The number of carbonyl (C=O) groups is 1. The molecule has 118 valence electrons. The number of rotatable bonds is 8. The Morgan fingerprint density at radius 2 is 2.32 bits per heavy atom. The van der Waals surface area contributed by atoms with Crippen molar-refractivity contribution >= 4 is 17.5 Å². The number of ether oxygens (including phenoxy) is 1. The standard InChI is InChI=1S/C15H21N5O2/c1-2-3-8-22-13-6-4-11(9-12(13)16)5-7-14(21)19-15-17-10-18-20-15/h4,6,9-10H,2-3,5,7-8,16H2,1H3,(H2,17,18,19,20,21). The molecule has 2 rings (SSSR count). The molecule has 0 spiro atoms. The Morgan fingerprint density at radius 1 is 1.45 bits per heavy atom. The van der Waals surface area contributed by atoms with E-state index in [0.29, 0.717) is 36.8 Å². The first kappa shape index (κ1) is 15.8. The fourth-order valence-electron chi connectivity index (χ4n) is 1.93. The van der Waals surface area contributed by atoms with Gasteiger partial charge in [0, 0.05) is 6.42 Å². The summed E-state index contributed by atoms with van der Waals surface area (Å²) in [5.74, 6) is 0.922. The Kier molecular flexibility index (Phi) is 5.76. The molecule has 0 saturated heterocycles. The van der Waals surface area contributed by atoms with Crippen molar-refractivity contribution in [3.8, 4) is 5.75 Å². The first-order chi connectivity index (χ1) is 10.7. The number of anilines is 2. The lowest BCUT2D eigenvalue weighted by Crippen LogP contribution is -2.13. The summed E-state index contributed by atoms with van der Waals surface area (Å²) in [6.45, 7) is 2.78. The molecule has 0 radical (unpaired) electrons. The van der Waals surface area contributed by atoms with Gasteiger partial charge in [-0.2, -0.15) is 10.1 Å². The van der Waals surface area contributed by atoms with Crippen molar-refractivity contribution in [1.82, 2.24) is 15.2 Å². The van der Waals surface area contributed by atoms with E-state index in [1.807, 2.05) is 18.2 Å². The molecule has 1 heterocycles. The minimum atomic E-state index is -0.126. The fourth-order valence-corrected chi connectivity index (χ4v) is 1.93. The molecule has 0 unspecified atom stereocenters. The van der Waals surface area contributed by atoms with Crippen LogP contribution in [0.15, 0.2) is 24.5 Å². The normalized spacial score (nSPS) is 10.4. The van der Waals surface area contributed by atoms with Gasteiger partial charge in [-0.1, -0.05) is 19.4 Å². The van der Waals surface area contributed by atoms with Gasteiger partial charge in [-0.3, -0.25) is 10.1 Å². The molecule has 4 N–H and O–H groups in total. The van der Waals surface area contributed by atoms with Crippen molar-refractivity contribution in [2.45, 2.75) is 32.6 Å². The number of aromatic amines is 1. The molecule has 1 aromatic heterocycles. The third-order valence-electron chi connectivity index (χ3n) is 3.14. The molecule has 7 heteroatoms. The number of nitrogen functional groups attached to an aromatic ring is 1. The smallest absolute Gasteiger partial charge is 0.227 e. The maximum absolute atomic E-state index is 11.8. The van der Waals surface area contributed by atoms with E-state index < -0.39 is 0 Å². The minimum Gasteiger partial charge on any atom is -0.491 e. The zero-order chi connectivity index (χ0) is 15.8. The summed E-state index contributed by atoms with van der Waals surface area (Å²) in [7, 11) is 0. The van der Waals surface area contributed by atoms with Crippen LogP contribution >= 0.6 is 0 Å². The second kappa shape index (κ2) is 8.02. The number of carbonyl (C=O) groups excluding carboxylic acids is 1. The fraction of sp³-hybridized carbons (Fsp3) is 0.400. The van der Waals surface area contributed by atoms with Gasteiger partial charge in [0.05, 0.1) is 12.3 Å². The third kappa shape index (κ3) is 4.76. The second-order valence-electron chi connectivity index (χ2n) is 4.96. The highest BCUT2D eigenvalue weighted by atomic mass is 16.5. The highest BCUT2D eigenvalue weighted by Crippen LogP contribution is 2.23. The van der Waals surface area contributed by atoms with E-state index in [1.165, 1.54) is 6.33 Å². The average molecular weight is 303 g/mol. The molecule has 0 fully saturated rings. The van der Waals surface area contributed by atoms with E-state index in [1.54, 1.807) is 0 Å². The number of amides is 1. The van der Waals surface area contributed by atoms with Gasteiger partial charge in [0.25, 0.3) is 0 Å². The molecular weight excluding hydrogens is 282 g/mol. The molecular formula is C15H21N5O2. The van der Waals surface area contributed by atoms with Crippen LogP contribution in [0.25, 0.3) is 0 Å². The Hall–Kier alpha value is -2.57. The first-order valence-corrected chi connectivity index (χ1v) is 7.35. The molecule has 22 heavy (non-hydrogen) atoms. The quantitative estimate of drug-likeness (QED) is 0.511. The van der Waals surface area contributed by atoms with Gasteiger partial charge in [-0.05, 0) is 30.5 Å². The van der Waals surface area contributed by atoms with E-state index in [0.717, 1.165) is 18.4 Å². The van der Waals surface area contributed by atoms with E-state index in [9.17, 15) is 4.79 Å². The van der Waals surface area contributed by atoms with Gasteiger partial charge in [0.15, 0.2) is 0 Å². The summed E-state index contributed by atoms with van der Waals surface area (Å²) < 4.78 is 5.60. The van der Waals surface area contributed by atoms with Gasteiger partial charge in [0.1, 0.15) is 12.1 Å². The van der Waals surface area contributed by atoms with Crippen molar-refractivity contribution in [3.63, 3.8) is 0 Å². The van der Waals surface area contributed by atoms with Crippen LogP contribution in [0.4, 0.5) is 11.6 Å². The molecule has 7 nitrogen and oxygen atoms in total. The second-order valence-corrected chi connectivity index (χ2v) is 4.96. The lowest BCUT2D eigenvalue weighted by molar-refractivity contribution is -0.116. The molecule has 0 bridgehead atoms. The zero-order valence-corrected chi connectivity index (χ0v) is 12.6. The van der Waals surface area contributed by atoms with Gasteiger partial charge in [-0.15, -0.1) is 0 Å². The van der Waals surface area contributed by atoms with Crippen molar-refractivity contribution in [3.05, 3.63) is 30.1 Å². The van der Waals surface area contributed by atoms with Gasteiger partial charge < -0.3 is 10.5 Å². The van der Waals surface area contributed by atoms with Crippen molar-refractivity contribution in [1.29, 1.82) is 0 Å². The first-order valence-electron chi connectivity index (χ1n) is 7.35. The topological polar surface area (TPSA) is 106 Å². The molecule has 0 aliphatic carbocycles. The van der Waals surface area contributed by atoms with Crippen LogP contribution in [0.1, 0.15) is 31.7 Å².